The monoisotopic (exact) mass is 447 g/mol. The number of piperidine rings is 1. The second-order valence-electron chi connectivity index (χ2n) is 7.91. The quantitative estimate of drug-likeness (QED) is 0.768. The van der Waals surface area contributed by atoms with Gasteiger partial charge in [-0.1, -0.05) is 36.0 Å². The van der Waals surface area contributed by atoms with Crippen LogP contribution in [0, 0.1) is 5.92 Å². The van der Waals surface area contributed by atoms with Gasteiger partial charge in [0.15, 0.2) is 0 Å². The lowest BCUT2D eigenvalue weighted by Gasteiger charge is -2.46. The fourth-order valence-corrected chi connectivity index (χ4v) is 6.13. The third-order valence-electron chi connectivity index (χ3n) is 6.00. The van der Waals surface area contributed by atoms with Gasteiger partial charge in [-0.15, -0.1) is 0 Å². The smallest absolute Gasteiger partial charge is 0.253 e. The highest BCUT2D eigenvalue weighted by atomic mass is 35.5. The van der Waals surface area contributed by atoms with Crippen molar-refractivity contribution in [3.05, 3.63) is 27.7 Å². The second kappa shape index (κ2) is 8.48. The molecule has 6 nitrogen and oxygen atoms in total. The molecule has 1 saturated heterocycles. The first-order chi connectivity index (χ1) is 13.1. The highest BCUT2D eigenvalue weighted by Crippen LogP contribution is 2.35. The minimum atomic E-state index is -3.78. The van der Waals surface area contributed by atoms with Gasteiger partial charge in [0.2, 0.25) is 10.0 Å². The number of hydrogen-bond acceptors (Lipinski definition) is 4. The van der Waals surface area contributed by atoms with Crippen LogP contribution in [-0.4, -0.2) is 63.3 Å². The van der Waals surface area contributed by atoms with Crippen LogP contribution in [0.4, 0.5) is 0 Å². The average Bonchev–Trinajstić information content (AvgIpc) is 2.63. The normalized spacial score (nSPS) is 26.1. The number of fused-ring (bicyclic) bond motifs is 1. The van der Waals surface area contributed by atoms with Crippen LogP contribution in [-0.2, 0) is 10.0 Å². The predicted molar refractivity (Wildman–Crippen MR) is 112 cm³/mol. The lowest BCUT2D eigenvalue weighted by atomic mass is 9.75. The van der Waals surface area contributed by atoms with Crippen LogP contribution < -0.4 is 5.32 Å². The molecule has 2 fully saturated rings. The molecule has 1 saturated carbocycles. The summed E-state index contributed by atoms with van der Waals surface area (Å²) < 4.78 is 26.1. The molecule has 0 radical (unpaired) electrons. The summed E-state index contributed by atoms with van der Waals surface area (Å²) in [6.07, 6.45) is 5.52. The van der Waals surface area contributed by atoms with Crippen molar-refractivity contribution in [2.24, 2.45) is 5.92 Å². The number of rotatable bonds is 4. The standard InChI is InChI=1S/C19H27Cl2N3O3S/c1-23(2)28(26,27)18-10-13(14(20)11-15(18)21)19(25)22-16-8-9-24(3)17-7-5-4-6-12(16)17/h10-12,16-17H,4-9H2,1-3H3,(H,22,25)/t12-,16+,17+/m1/s1. The van der Waals surface area contributed by atoms with Crippen LogP contribution in [0.25, 0.3) is 0 Å². The second-order valence-corrected chi connectivity index (χ2v) is 10.8. The largest absolute Gasteiger partial charge is 0.349 e. The molecule has 1 aromatic rings. The van der Waals surface area contributed by atoms with E-state index in [0.29, 0.717) is 12.0 Å². The van der Waals surface area contributed by atoms with Gasteiger partial charge in [0.25, 0.3) is 5.91 Å². The summed E-state index contributed by atoms with van der Waals surface area (Å²) in [5.41, 5.74) is 0.137. The van der Waals surface area contributed by atoms with Crippen LogP contribution in [0.15, 0.2) is 17.0 Å². The molecular weight excluding hydrogens is 421 g/mol. The van der Waals surface area contributed by atoms with E-state index in [-0.39, 0.29) is 32.5 Å². The van der Waals surface area contributed by atoms with Crippen LogP contribution in [0.3, 0.4) is 0 Å². The van der Waals surface area contributed by atoms with E-state index in [9.17, 15) is 13.2 Å². The Bertz CT molecular complexity index is 860. The predicted octanol–water partition coefficient (Wildman–Crippen LogP) is 3.24. The highest BCUT2D eigenvalue weighted by molar-refractivity contribution is 7.89. The maximum Gasteiger partial charge on any atom is 0.253 e. The van der Waals surface area contributed by atoms with Gasteiger partial charge in [0.1, 0.15) is 4.90 Å². The van der Waals surface area contributed by atoms with E-state index in [4.69, 9.17) is 23.2 Å². The van der Waals surface area contributed by atoms with Crippen LogP contribution in [0.5, 0.6) is 0 Å². The lowest BCUT2D eigenvalue weighted by molar-refractivity contribution is 0.0505. The van der Waals surface area contributed by atoms with E-state index in [1.807, 2.05) is 0 Å². The molecule has 3 rings (SSSR count). The van der Waals surface area contributed by atoms with Crippen molar-refractivity contribution in [2.45, 2.75) is 49.1 Å². The van der Waals surface area contributed by atoms with Crippen molar-refractivity contribution < 1.29 is 13.2 Å². The van der Waals surface area contributed by atoms with Crippen molar-refractivity contribution in [1.29, 1.82) is 0 Å². The molecule has 1 aliphatic carbocycles. The van der Waals surface area contributed by atoms with Crippen molar-refractivity contribution >= 4 is 39.1 Å². The lowest BCUT2D eigenvalue weighted by Crippen LogP contribution is -2.56. The molecule has 1 N–H and O–H groups in total. The van der Waals surface area contributed by atoms with E-state index < -0.39 is 10.0 Å². The van der Waals surface area contributed by atoms with Crippen LogP contribution in [0.2, 0.25) is 10.0 Å². The fraction of sp³-hybridized carbons (Fsp3) is 0.632. The molecule has 0 spiro atoms. The summed E-state index contributed by atoms with van der Waals surface area (Å²) in [5.74, 6) is 0.0586. The number of benzene rings is 1. The van der Waals surface area contributed by atoms with Gasteiger partial charge in [-0.05, 0) is 44.4 Å². The Kier molecular flexibility index (Phi) is 6.61. The summed E-state index contributed by atoms with van der Waals surface area (Å²) in [6.45, 7) is 0.931. The number of halogens is 2. The van der Waals surface area contributed by atoms with Gasteiger partial charge in [-0.25, -0.2) is 12.7 Å². The van der Waals surface area contributed by atoms with E-state index in [1.165, 1.54) is 39.1 Å². The minimum Gasteiger partial charge on any atom is -0.349 e. The van der Waals surface area contributed by atoms with Crippen LogP contribution in [0.1, 0.15) is 42.5 Å². The molecule has 3 atom stereocenters. The number of carbonyl (C=O) groups excluding carboxylic acids is 1. The Morgan fingerprint density at radius 2 is 1.82 bits per heavy atom. The molecule has 1 aliphatic heterocycles. The first-order valence-corrected chi connectivity index (χ1v) is 11.7. The van der Waals surface area contributed by atoms with Crippen molar-refractivity contribution in [2.75, 3.05) is 27.7 Å². The van der Waals surface area contributed by atoms with Gasteiger partial charge in [-0.3, -0.25) is 4.79 Å². The van der Waals surface area contributed by atoms with Gasteiger partial charge < -0.3 is 10.2 Å². The topological polar surface area (TPSA) is 69.7 Å². The number of hydrogen-bond donors (Lipinski definition) is 1. The molecule has 156 valence electrons. The summed E-state index contributed by atoms with van der Waals surface area (Å²) >= 11 is 12.3. The number of nitrogens with one attached hydrogen (secondary N) is 1. The first-order valence-electron chi connectivity index (χ1n) is 9.55. The number of carbonyl (C=O) groups is 1. The van der Waals surface area contributed by atoms with Gasteiger partial charge in [0, 0.05) is 32.7 Å². The maximum atomic E-state index is 13.0. The molecule has 0 bridgehead atoms. The number of sulfonamides is 1. The molecule has 28 heavy (non-hydrogen) atoms. The zero-order valence-corrected chi connectivity index (χ0v) is 18.7. The van der Waals surface area contributed by atoms with Crippen molar-refractivity contribution in [1.82, 2.24) is 14.5 Å². The molecule has 0 aromatic heterocycles. The Balaban J connectivity index is 1.86. The molecular formula is C19H27Cl2N3O3S. The summed E-state index contributed by atoms with van der Waals surface area (Å²) in [5, 5.41) is 3.27. The highest BCUT2D eigenvalue weighted by Gasteiger charge is 2.38. The van der Waals surface area contributed by atoms with Crippen molar-refractivity contribution in [3.63, 3.8) is 0 Å². The third-order valence-corrected chi connectivity index (χ3v) is 8.59. The summed E-state index contributed by atoms with van der Waals surface area (Å²) in [4.78, 5) is 15.3. The maximum absolute atomic E-state index is 13.0. The van der Waals surface area contributed by atoms with E-state index >= 15 is 0 Å². The first kappa shape index (κ1) is 21.8. The van der Waals surface area contributed by atoms with Crippen LogP contribution >= 0.6 is 23.2 Å². The minimum absolute atomic E-state index is 0.00175. The fourth-order valence-electron chi connectivity index (χ4n) is 4.40. The third kappa shape index (κ3) is 4.19. The van der Waals surface area contributed by atoms with E-state index in [2.05, 4.69) is 17.3 Å². The summed E-state index contributed by atoms with van der Waals surface area (Å²) in [7, 11) is 1.20. The molecule has 1 heterocycles. The molecule has 2 aliphatic rings. The SMILES string of the molecule is CN1CC[C@H](NC(=O)c2cc(S(=O)(=O)N(C)C)c(Cl)cc2Cl)[C@H]2CCCC[C@@H]21. The molecule has 1 aromatic carbocycles. The molecule has 9 heteroatoms. The van der Waals surface area contributed by atoms with E-state index in [0.717, 1.165) is 30.1 Å². The Morgan fingerprint density at radius 3 is 2.50 bits per heavy atom. The average molecular weight is 448 g/mol. The van der Waals surface area contributed by atoms with Gasteiger partial charge >= 0.3 is 0 Å². The molecule has 0 unspecified atom stereocenters. The summed E-state index contributed by atoms with van der Waals surface area (Å²) in [6, 6.07) is 3.16. The zero-order chi connectivity index (χ0) is 20.6. The zero-order valence-electron chi connectivity index (χ0n) is 16.4. The van der Waals surface area contributed by atoms with Crippen molar-refractivity contribution in [3.8, 4) is 0 Å². The van der Waals surface area contributed by atoms with Gasteiger partial charge in [0.05, 0.1) is 15.6 Å². The number of amides is 1. The van der Waals surface area contributed by atoms with E-state index in [1.54, 1.807) is 0 Å². The Labute approximate surface area is 177 Å². The van der Waals surface area contributed by atoms with Gasteiger partial charge in [-0.2, -0.15) is 0 Å². The number of nitrogens with zero attached hydrogens (tertiary/aromatic N) is 2. The molecule has 1 amide bonds. The Morgan fingerprint density at radius 1 is 1.14 bits per heavy atom. The number of likely N-dealkylation sites (tertiary alicyclic amines) is 1. The Hall–Kier alpha value is -0.860.